The molecular weight excluding hydrogens is 288 g/mol. The molecule has 0 saturated carbocycles. The molecule has 0 spiro atoms. The molecule has 0 bridgehead atoms. The van der Waals surface area contributed by atoms with Crippen LogP contribution in [0.2, 0.25) is 0 Å². The second-order valence-corrected chi connectivity index (χ2v) is 6.72. The van der Waals surface area contributed by atoms with Crippen molar-refractivity contribution in [2.24, 2.45) is 0 Å². The Labute approximate surface area is 125 Å². The Morgan fingerprint density at radius 1 is 1.10 bits per heavy atom. The van der Waals surface area contributed by atoms with Crippen molar-refractivity contribution in [2.75, 3.05) is 11.8 Å². The van der Waals surface area contributed by atoms with Crippen molar-refractivity contribution < 1.29 is 12.8 Å². The highest BCUT2D eigenvalue weighted by atomic mass is 32.2. The average molecular weight is 308 g/mol. The normalized spacial score (nSPS) is 11.6. The van der Waals surface area contributed by atoms with Gasteiger partial charge in [0.25, 0.3) is 10.0 Å². The first-order chi connectivity index (χ1) is 9.83. The minimum Gasteiger partial charge on any atom is -0.464 e. The van der Waals surface area contributed by atoms with Gasteiger partial charge in [0.1, 0.15) is 16.4 Å². The first-order valence-corrected chi connectivity index (χ1v) is 8.16. The molecule has 0 amide bonds. The van der Waals surface area contributed by atoms with Crippen LogP contribution in [0.5, 0.6) is 0 Å². The Bertz CT molecular complexity index is 748. The number of hydrogen-bond acceptors (Lipinski definition) is 4. The third kappa shape index (κ3) is 3.46. The summed E-state index contributed by atoms with van der Waals surface area (Å²) in [6.07, 6.45) is 0. The zero-order valence-electron chi connectivity index (χ0n) is 12.6. The van der Waals surface area contributed by atoms with Gasteiger partial charge in [0, 0.05) is 11.8 Å². The van der Waals surface area contributed by atoms with Crippen molar-refractivity contribution in [1.82, 2.24) is 5.32 Å². The maximum absolute atomic E-state index is 12.4. The van der Waals surface area contributed by atoms with E-state index in [2.05, 4.69) is 10.0 Å². The van der Waals surface area contributed by atoms with Gasteiger partial charge < -0.3 is 9.73 Å². The molecule has 0 fully saturated rings. The van der Waals surface area contributed by atoms with E-state index in [0.717, 1.165) is 11.1 Å². The number of furan rings is 1. The molecule has 2 aromatic rings. The fourth-order valence-corrected chi connectivity index (χ4v) is 3.32. The van der Waals surface area contributed by atoms with Gasteiger partial charge in [-0.05, 0) is 51.1 Å². The summed E-state index contributed by atoms with van der Waals surface area (Å²) >= 11 is 0. The van der Waals surface area contributed by atoms with Crippen molar-refractivity contribution in [2.45, 2.75) is 32.2 Å². The lowest BCUT2D eigenvalue weighted by Crippen LogP contribution is -2.13. The maximum atomic E-state index is 12.4. The smallest absolute Gasteiger partial charge is 0.265 e. The van der Waals surface area contributed by atoms with E-state index >= 15 is 0 Å². The quantitative estimate of drug-likeness (QED) is 0.891. The van der Waals surface area contributed by atoms with Crippen molar-refractivity contribution in [3.05, 3.63) is 46.9 Å². The van der Waals surface area contributed by atoms with Gasteiger partial charge in [0.2, 0.25) is 0 Å². The van der Waals surface area contributed by atoms with Gasteiger partial charge in [0.05, 0.1) is 6.54 Å². The molecule has 114 valence electrons. The molecule has 1 aromatic carbocycles. The van der Waals surface area contributed by atoms with Gasteiger partial charge in [-0.1, -0.05) is 6.07 Å². The van der Waals surface area contributed by atoms with Crippen molar-refractivity contribution in [3.63, 3.8) is 0 Å². The number of nitrogens with one attached hydrogen (secondary N) is 2. The van der Waals surface area contributed by atoms with Gasteiger partial charge in [-0.2, -0.15) is 0 Å². The first kappa shape index (κ1) is 15.6. The van der Waals surface area contributed by atoms with Crippen LogP contribution < -0.4 is 10.0 Å². The van der Waals surface area contributed by atoms with Gasteiger partial charge in [-0.15, -0.1) is 0 Å². The largest absolute Gasteiger partial charge is 0.464 e. The van der Waals surface area contributed by atoms with Gasteiger partial charge >= 0.3 is 0 Å². The summed E-state index contributed by atoms with van der Waals surface area (Å²) in [6, 6.07) is 7.01. The standard InChI is InChI=1S/C15H20N2O3S/c1-10-5-6-13(7-11(10)2)17-21(18,19)15-8-14(9-16-4)20-12(15)3/h5-8,16-17H,9H2,1-4H3. The van der Waals surface area contributed by atoms with Crippen LogP contribution in [0.3, 0.4) is 0 Å². The predicted octanol–water partition coefficient (Wildman–Crippen LogP) is 2.73. The Hall–Kier alpha value is -1.79. The van der Waals surface area contributed by atoms with Crippen LogP contribution in [0.1, 0.15) is 22.6 Å². The highest BCUT2D eigenvalue weighted by Gasteiger charge is 2.21. The summed E-state index contributed by atoms with van der Waals surface area (Å²) < 4.78 is 32.9. The lowest BCUT2D eigenvalue weighted by Gasteiger charge is -2.09. The lowest BCUT2D eigenvalue weighted by atomic mass is 10.1. The zero-order valence-corrected chi connectivity index (χ0v) is 13.5. The molecular formula is C15H20N2O3S. The molecule has 1 aromatic heterocycles. The van der Waals surface area contributed by atoms with Crippen molar-refractivity contribution in [1.29, 1.82) is 0 Å². The molecule has 5 nitrogen and oxygen atoms in total. The fraction of sp³-hybridized carbons (Fsp3) is 0.333. The van der Waals surface area contributed by atoms with Crippen molar-refractivity contribution >= 4 is 15.7 Å². The molecule has 0 saturated heterocycles. The van der Waals surface area contributed by atoms with E-state index in [1.165, 1.54) is 0 Å². The number of hydrogen-bond donors (Lipinski definition) is 2. The Morgan fingerprint density at radius 2 is 1.81 bits per heavy atom. The van der Waals surface area contributed by atoms with E-state index in [1.54, 1.807) is 26.1 Å². The maximum Gasteiger partial charge on any atom is 0.265 e. The fourth-order valence-electron chi connectivity index (χ4n) is 2.07. The molecule has 2 N–H and O–H groups in total. The average Bonchev–Trinajstić information content (AvgIpc) is 2.76. The minimum atomic E-state index is -3.64. The topological polar surface area (TPSA) is 71.3 Å². The summed E-state index contributed by atoms with van der Waals surface area (Å²) in [4.78, 5) is 0.172. The van der Waals surface area contributed by atoms with Crippen LogP contribution >= 0.6 is 0 Å². The van der Waals surface area contributed by atoms with Crippen LogP contribution in [-0.2, 0) is 16.6 Å². The number of benzene rings is 1. The highest BCUT2D eigenvalue weighted by Crippen LogP contribution is 2.23. The molecule has 0 aliphatic rings. The molecule has 2 rings (SSSR count). The molecule has 0 atom stereocenters. The van der Waals surface area contributed by atoms with Crippen LogP contribution in [-0.4, -0.2) is 15.5 Å². The van der Waals surface area contributed by atoms with Crippen LogP contribution in [0, 0.1) is 20.8 Å². The molecule has 21 heavy (non-hydrogen) atoms. The SMILES string of the molecule is CNCc1cc(S(=O)(=O)Nc2ccc(C)c(C)c2)c(C)o1. The second-order valence-electron chi connectivity index (χ2n) is 5.07. The molecule has 0 aliphatic carbocycles. The predicted molar refractivity (Wildman–Crippen MR) is 82.9 cm³/mol. The first-order valence-electron chi connectivity index (χ1n) is 6.67. The van der Waals surface area contributed by atoms with Gasteiger partial charge in [-0.25, -0.2) is 8.42 Å². The second kappa shape index (κ2) is 5.91. The summed E-state index contributed by atoms with van der Waals surface area (Å²) in [7, 11) is -1.87. The van der Waals surface area contributed by atoms with Crippen LogP contribution in [0.15, 0.2) is 33.6 Å². The third-order valence-corrected chi connectivity index (χ3v) is 4.81. The number of rotatable bonds is 5. The summed E-state index contributed by atoms with van der Waals surface area (Å²) in [6.45, 7) is 6.06. The van der Waals surface area contributed by atoms with Gasteiger partial charge in [0.15, 0.2) is 0 Å². The van der Waals surface area contributed by atoms with E-state index in [0.29, 0.717) is 23.8 Å². The molecule has 0 radical (unpaired) electrons. The van der Waals surface area contributed by atoms with Gasteiger partial charge in [-0.3, -0.25) is 4.72 Å². The number of sulfonamides is 1. The number of aryl methyl sites for hydroxylation is 3. The third-order valence-electron chi connectivity index (χ3n) is 3.32. The van der Waals surface area contributed by atoms with E-state index < -0.39 is 10.0 Å². The highest BCUT2D eigenvalue weighted by molar-refractivity contribution is 7.92. The lowest BCUT2D eigenvalue weighted by molar-refractivity contribution is 0.466. The van der Waals surface area contributed by atoms with Crippen molar-refractivity contribution in [3.8, 4) is 0 Å². The van der Waals surface area contributed by atoms with E-state index in [-0.39, 0.29) is 4.90 Å². The monoisotopic (exact) mass is 308 g/mol. The number of anilines is 1. The summed E-state index contributed by atoms with van der Waals surface area (Å²) in [5, 5.41) is 2.93. The molecule has 6 heteroatoms. The van der Waals surface area contributed by atoms with Crippen LogP contribution in [0.25, 0.3) is 0 Å². The Morgan fingerprint density at radius 3 is 2.43 bits per heavy atom. The summed E-state index contributed by atoms with van der Waals surface area (Å²) in [5.74, 6) is 0.979. The van der Waals surface area contributed by atoms with Crippen LogP contribution in [0.4, 0.5) is 5.69 Å². The van der Waals surface area contributed by atoms with E-state index in [9.17, 15) is 8.42 Å². The minimum absolute atomic E-state index is 0.172. The van der Waals surface area contributed by atoms with E-state index in [1.807, 2.05) is 26.0 Å². The summed E-state index contributed by atoms with van der Waals surface area (Å²) in [5.41, 5.74) is 2.71. The molecule has 1 heterocycles. The zero-order chi connectivity index (χ0) is 15.6. The van der Waals surface area contributed by atoms with E-state index in [4.69, 9.17) is 4.42 Å². The molecule has 0 aliphatic heterocycles. The molecule has 0 unspecified atom stereocenters. The Kier molecular flexibility index (Phi) is 4.39. The Balaban J connectivity index is 2.31.